The molecule has 5 rings (SSSR count). The number of ether oxygens (including phenoxy) is 1. The van der Waals surface area contributed by atoms with Gasteiger partial charge in [-0.3, -0.25) is 4.79 Å². The molecule has 3 aromatic rings. The van der Waals surface area contributed by atoms with Gasteiger partial charge >= 0.3 is 0 Å². The first kappa shape index (κ1) is 23.5. The van der Waals surface area contributed by atoms with Gasteiger partial charge in [-0.1, -0.05) is 6.58 Å². The van der Waals surface area contributed by atoms with Gasteiger partial charge in [0.15, 0.2) is 11.6 Å². The number of nitrogens with zero attached hydrogens (tertiary/aromatic N) is 3. The van der Waals surface area contributed by atoms with Crippen molar-refractivity contribution >= 4 is 16.7 Å². The van der Waals surface area contributed by atoms with Crippen LogP contribution in [0.5, 0.6) is 5.75 Å². The van der Waals surface area contributed by atoms with Crippen molar-refractivity contribution in [2.24, 2.45) is 5.92 Å². The number of aromatic nitrogens is 2. The predicted molar refractivity (Wildman–Crippen MR) is 133 cm³/mol. The second-order valence-electron chi connectivity index (χ2n) is 9.24. The fraction of sp³-hybridized carbons (Fsp3) is 0.385. The number of halogens is 1. The second-order valence-corrected chi connectivity index (χ2v) is 9.24. The van der Waals surface area contributed by atoms with Crippen molar-refractivity contribution in [2.45, 2.75) is 25.6 Å². The van der Waals surface area contributed by atoms with Gasteiger partial charge in [0.1, 0.15) is 12.4 Å². The minimum Gasteiger partial charge on any atom is -0.484 e. The number of nitrogens with one attached hydrogen (secondary N) is 2. The normalized spacial score (nSPS) is 20.3. The molecule has 2 aromatic heterocycles. The summed E-state index contributed by atoms with van der Waals surface area (Å²) in [4.78, 5) is 19.3. The number of fused-ring (bicyclic) bond motifs is 2. The molecule has 3 N–H and O–H groups in total. The van der Waals surface area contributed by atoms with Crippen LogP contribution in [0.4, 0.5) is 10.2 Å². The summed E-state index contributed by atoms with van der Waals surface area (Å²) in [7, 11) is 0. The van der Waals surface area contributed by atoms with Gasteiger partial charge in [-0.05, 0) is 48.2 Å². The Balaban J connectivity index is 1.17. The maximum absolute atomic E-state index is 13.8. The zero-order chi connectivity index (χ0) is 24.4. The van der Waals surface area contributed by atoms with Crippen LogP contribution in [0, 0.1) is 11.7 Å². The number of hydrogen-bond acceptors (Lipinski definition) is 7. The SMILES string of the molecule is C=C1COc2ccc(CNCC3CN(CCn4c(=O)ccc5ccc(F)cc54)CCC3O)nc2N1. The maximum Gasteiger partial charge on any atom is 0.251 e. The monoisotopic (exact) mass is 479 g/mol. The Morgan fingerprint density at radius 3 is 2.97 bits per heavy atom. The molecule has 4 heterocycles. The zero-order valence-electron chi connectivity index (χ0n) is 19.5. The van der Waals surface area contributed by atoms with Gasteiger partial charge in [-0.15, -0.1) is 0 Å². The highest BCUT2D eigenvalue weighted by molar-refractivity contribution is 5.78. The van der Waals surface area contributed by atoms with E-state index in [0.717, 1.165) is 29.9 Å². The number of piperidine rings is 1. The molecule has 2 atom stereocenters. The van der Waals surface area contributed by atoms with Crippen LogP contribution in [0.2, 0.25) is 0 Å². The zero-order valence-corrected chi connectivity index (χ0v) is 19.5. The molecule has 1 fully saturated rings. The molecule has 0 aliphatic carbocycles. The van der Waals surface area contributed by atoms with Gasteiger partial charge < -0.3 is 29.9 Å². The van der Waals surface area contributed by atoms with Gasteiger partial charge in [0.05, 0.1) is 17.3 Å². The molecule has 0 spiro atoms. The topological polar surface area (TPSA) is 91.7 Å². The van der Waals surface area contributed by atoms with E-state index in [0.29, 0.717) is 56.3 Å². The first-order valence-corrected chi connectivity index (χ1v) is 11.9. The number of likely N-dealkylation sites (tertiary alicyclic amines) is 1. The molecule has 9 heteroatoms. The van der Waals surface area contributed by atoms with Crippen LogP contribution in [0.1, 0.15) is 12.1 Å². The summed E-state index contributed by atoms with van der Waals surface area (Å²) in [6, 6.07) is 11.6. The lowest BCUT2D eigenvalue weighted by Crippen LogP contribution is -2.48. The average Bonchev–Trinajstić information content (AvgIpc) is 2.85. The molecule has 2 unspecified atom stereocenters. The molecule has 184 valence electrons. The van der Waals surface area contributed by atoms with Gasteiger partial charge in [-0.25, -0.2) is 9.37 Å². The number of aliphatic hydroxyl groups excluding tert-OH is 1. The Morgan fingerprint density at radius 2 is 2.09 bits per heavy atom. The van der Waals surface area contributed by atoms with Gasteiger partial charge in [0.2, 0.25) is 0 Å². The Hall–Kier alpha value is -3.27. The maximum atomic E-state index is 13.8. The lowest BCUT2D eigenvalue weighted by Gasteiger charge is -2.36. The predicted octanol–water partition coefficient (Wildman–Crippen LogP) is 2.33. The fourth-order valence-corrected chi connectivity index (χ4v) is 4.78. The first-order valence-electron chi connectivity index (χ1n) is 11.9. The van der Waals surface area contributed by atoms with E-state index < -0.39 is 0 Å². The highest BCUT2D eigenvalue weighted by atomic mass is 19.1. The van der Waals surface area contributed by atoms with Crippen LogP contribution in [0.25, 0.3) is 10.9 Å². The molecule has 8 nitrogen and oxygen atoms in total. The van der Waals surface area contributed by atoms with Crippen LogP contribution in [0.3, 0.4) is 0 Å². The van der Waals surface area contributed by atoms with Crippen molar-refractivity contribution in [1.29, 1.82) is 0 Å². The van der Waals surface area contributed by atoms with Gasteiger partial charge in [0, 0.05) is 56.9 Å². The smallest absolute Gasteiger partial charge is 0.251 e. The third-order valence-corrected chi connectivity index (χ3v) is 6.70. The third kappa shape index (κ3) is 5.37. The Kier molecular flexibility index (Phi) is 6.81. The summed E-state index contributed by atoms with van der Waals surface area (Å²) in [5, 5.41) is 18.0. The Labute approximate surface area is 203 Å². The van der Waals surface area contributed by atoms with Crippen LogP contribution >= 0.6 is 0 Å². The fourth-order valence-electron chi connectivity index (χ4n) is 4.78. The molecule has 2 aliphatic heterocycles. The molecule has 35 heavy (non-hydrogen) atoms. The van der Waals surface area contributed by atoms with Crippen molar-refractivity contribution in [3.63, 3.8) is 0 Å². The quantitative estimate of drug-likeness (QED) is 0.479. The molecular weight excluding hydrogens is 449 g/mol. The van der Waals surface area contributed by atoms with E-state index in [1.54, 1.807) is 16.7 Å². The number of benzene rings is 1. The first-order chi connectivity index (χ1) is 17.0. The van der Waals surface area contributed by atoms with E-state index in [1.165, 1.54) is 18.2 Å². The van der Waals surface area contributed by atoms with Crippen molar-refractivity contribution in [1.82, 2.24) is 19.8 Å². The number of aliphatic hydroxyl groups is 1. The van der Waals surface area contributed by atoms with Gasteiger partial charge in [0.25, 0.3) is 5.56 Å². The van der Waals surface area contributed by atoms with E-state index >= 15 is 0 Å². The van der Waals surface area contributed by atoms with E-state index in [9.17, 15) is 14.3 Å². The molecule has 0 bridgehead atoms. The number of rotatable bonds is 7. The van der Waals surface area contributed by atoms with E-state index in [-0.39, 0.29) is 23.4 Å². The van der Waals surface area contributed by atoms with Crippen molar-refractivity contribution in [3.8, 4) is 5.75 Å². The van der Waals surface area contributed by atoms with Gasteiger partial charge in [-0.2, -0.15) is 0 Å². The third-order valence-electron chi connectivity index (χ3n) is 6.70. The average molecular weight is 480 g/mol. The standard InChI is InChI=1S/C26H30FN5O3/c1-17-16-35-24-6-5-21(30-26(24)29-17)14-28-13-19-15-31(9-8-23(19)33)10-11-32-22-12-20(27)4-2-18(22)3-7-25(32)34/h2-7,12,19,23,28,33H,1,8-11,13-16H2,(H,29,30). The van der Waals surface area contributed by atoms with Crippen LogP contribution in [-0.2, 0) is 13.1 Å². The molecule has 0 amide bonds. The number of pyridine rings is 2. The largest absolute Gasteiger partial charge is 0.484 e. The van der Waals surface area contributed by atoms with Crippen LogP contribution in [-0.4, -0.2) is 58.4 Å². The second kappa shape index (κ2) is 10.2. The van der Waals surface area contributed by atoms with Crippen molar-refractivity contribution in [3.05, 3.63) is 76.6 Å². The molecule has 0 radical (unpaired) electrons. The highest BCUT2D eigenvalue weighted by Gasteiger charge is 2.27. The summed E-state index contributed by atoms with van der Waals surface area (Å²) in [6.45, 7) is 8.13. The van der Waals surface area contributed by atoms with Crippen molar-refractivity contribution < 1.29 is 14.2 Å². The lowest BCUT2D eigenvalue weighted by atomic mass is 9.94. The molecule has 0 saturated carbocycles. The minimum atomic E-state index is -0.386. The van der Waals surface area contributed by atoms with Crippen LogP contribution < -0.4 is 20.9 Å². The molecular formula is C26H30FN5O3. The number of anilines is 1. The summed E-state index contributed by atoms with van der Waals surface area (Å²) in [5.41, 5.74) is 2.11. The summed E-state index contributed by atoms with van der Waals surface area (Å²) in [5.74, 6) is 1.09. The van der Waals surface area contributed by atoms with E-state index in [2.05, 4.69) is 27.1 Å². The van der Waals surface area contributed by atoms with E-state index in [1.807, 2.05) is 12.1 Å². The Morgan fingerprint density at radius 1 is 1.23 bits per heavy atom. The molecule has 1 aromatic carbocycles. The highest BCUT2D eigenvalue weighted by Crippen LogP contribution is 2.27. The summed E-state index contributed by atoms with van der Waals surface area (Å²) < 4.78 is 21.0. The molecule has 1 saturated heterocycles. The Bertz CT molecular complexity index is 1290. The van der Waals surface area contributed by atoms with E-state index in [4.69, 9.17) is 4.74 Å². The summed E-state index contributed by atoms with van der Waals surface area (Å²) in [6.07, 6.45) is 0.286. The number of hydrogen-bond donors (Lipinski definition) is 3. The summed E-state index contributed by atoms with van der Waals surface area (Å²) >= 11 is 0. The molecule has 2 aliphatic rings. The lowest BCUT2D eigenvalue weighted by molar-refractivity contribution is 0.0257. The minimum absolute atomic E-state index is 0.0595. The van der Waals surface area contributed by atoms with Crippen LogP contribution in [0.15, 0.2) is 59.5 Å². The van der Waals surface area contributed by atoms with Crippen molar-refractivity contribution in [2.75, 3.05) is 38.1 Å².